The number of carbonyl (C=O) groups is 4. The Labute approximate surface area is 317 Å². The Kier molecular flexibility index (Phi) is 13.9. The molecule has 0 unspecified atom stereocenters. The quantitative estimate of drug-likeness (QED) is 0.102. The molecule has 1 fully saturated rings. The number of carboxylic acid groups (broad SMARTS) is 1. The highest BCUT2D eigenvalue weighted by Crippen LogP contribution is 2.49. The second kappa shape index (κ2) is 18.9. The normalized spacial score (nSPS) is 17.6. The zero-order chi connectivity index (χ0) is 38.6. The number of rotatable bonds is 18. The van der Waals surface area contributed by atoms with Crippen LogP contribution in [-0.4, -0.2) is 58.4 Å². The summed E-state index contributed by atoms with van der Waals surface area (Å²) in [5.41, 5.74) is 1.63. The van der Waals surface area contributed by atoms with Gasteiger partial charge in [-0.1, -0.05) is 88.4 Å². The molecular weight excluding hydrogens is 684 g/mol. The molecule has 1 saturated carbocycles. The molecule has 10 heteroatoms. The van der Waals surface area contributed by atoms with Crippen molar-refractivity contribution in [3.8, 4) is 23.0 Å². The van der Waals surface area contributed by atoms with Gasteiger partial charge in [0.15, 0.2) is 0 Å². The summed E-state index contributed by atoms with van der Waals surface area (Å²) in [5.74, 6) is -5.50. The van der Waals surface area contributed by atoms with E-state index in [2.05, 4.69) is 0 Å². The molecule has 10 nitrogen and oxygen atoms in total. The molecule has 0 aliphatic heterocycles. The first-order valence-electron chi connectivity index (χ1n) is 18.7. The maximum atomic E-state index is 14.6. The van der Waals surface area contributed by atoms with Crippen LogP contribution < -0.4 is 9.47 Å². The molecule has 0 heterocycles. The van der Waals surface area contributed by atoms with Gasteiger partial charge >= 0.3 is 11.9 Å². The average molecular weight is 735 g/mol. The molecule has 2 amide bonds. The van der Waals surface area contributed by atoms with E-state index in [1.165, 1.54) is 0 Å². The van der Waals surface area contributed by atoms with Crippen LogP contribution in [-0.2, 0) is 37.0 Å². The van der Waals surface area contributed by atoms with E-state index in [0.717, 1.165) is 11.1 Å². The number of aliphatic carboxylic acids is 1. The van der Waals surface area contributed by atoms with E-state index >= 15 is 0 Å². The van der Waals surface area contributed by atoms with Crippen molar-refractivity contribution in [3.05, 3.63) is 120 Å². The van der Waals surface area contributed by atoms with Gasteiger partial charge in [-0.3, -0.25) is 19.2 Å². The summed E-state index contributed by atoms with van der Waals surface area (Å²) in [6.07, 6.45) is 1.22. The molecule has 54 heavy (non-hydrogen) atoms. The standard InChI is InChI=1S/C44H50N2O8/c1-5-25-45(27-31-17-21-35(22-18-31)53-33-13-9-7-10-14-33)41(47)37-38(40(39(37)43(49)50)44(51)52-29-30(3)4)42(48)46(26-6-2)28-32-19-23-36(24-20-32)54-34-15-11-8-12-16-34/h7-24,30,37-40H,5-6,25-29H2,1-4H3,(H,49,50)/t37-,38-,39-,40-/m0/s1. The smallest absolute Gasteiger partial charge is 0.310 e. The van der Waals surface area contributed by atoms with E-state index in [-0.39, 0.29) is 25.6 Å². The molecular formula is C44H50N2O8. The predicted octanol–water partition coefficient (Wildman–Crippen LogP) is 8.21. The summed E-state index contributed by atoms with van der Waals surface area (Å²) in [6, 6.07) is 33.5. The minimum Gasteiger partial charge on any atom is -0.481 e. The Morgan fingerprint density at radius 3 is 1.33 bits per heavy atom. The van der Waals surface area contributed by atoms with Crippen molar-refractivity contribution in [1.29, 1.82) is 0 Å². The van der Waals surface area contributed by atoms with Crippen LogP contribution in [0.5, 0.6) is 23.0 Å². The van der Waals surface area contributed by atoms with Crippen LogP contribution in [0.25, 0.3) is 0 Å². The van der Waals surface area contributed by atoms with Crippen molar-refractivity contribution in [2.45, 2.75) is 53.6 Å². The number of carbonyl (C=O) groups excluding carboxylic acids is 3. The summed E-state index contributed by atoms with van der Waals surface area (Å²) in [4.78, 5) is 58.8. The lowest BCUT2D eigenvalue weighted by molar-refractivity contribution is -0.190. The number of amides is 2. The topological polar surface area (TPSA) is 123 Å². The lowest BCUT2D eigenvalue weighted by atomic mass is 9.55. The molecule has 4 atom stereocenters. The van der Waals surface area contributed by atoms with Gasteiger partial charge in [0.05, 0.1) is 30.3 Å². The van der Waals surface area contributed by atoms with Crippen LogP contribution in [0.1, 0.15) is 51.7 Å². The monoisotopic (exact) mass is 734 g/mol. The van der Waals surface area contributed by atoms with Gasteiger partial charge in [-0.25, -0.2) is 0 Å². The highest BCUT2D eigenvalue weighted by Gasteiger charge is 2.65. The van der Waals surface area contributed by atoms with Crippen LogP contribution >= 0.6 is 0 Å². The van der Waals surface area contributed by atoms with Crippen molar-refractivity contribution in [2.75, 3.05) is 19.7 Å². The first-order chi connectivity index (χ1) is 26.1. The SMILES string of the molecule is CCCN(Cc1ccc(Oc2ccccc2)cc1)C(=O)[C@@H]1[C@H](C(=O)O)[C@@H](C(=O)OCC(C)C)[C@H]1C(=O)N(CCC)Cc1ccc(Oc2ccccc2)cc1. The minimum absolute atomic E-state index is 0.00107. The Morgan fingerprint density at radius 1 is 0.574 bits per heavy atom. The van der Waals surface area contributed by atoms with Crippen LogP contribution in [0.3, 0.4) is 0 Å². The van der Waals surface area contributed by atoms with Gasteiger partial charge in [0.1, 0.15) is 23.0 Å². The summed E-state index contributed by atoms with van der Waals surface area (Å²) < 4.78 is 17.4. The highest BCUT2D eigenvalue weighted by atomic mass is 16.5. The second-order valence-electron chi connectivity index (χ2n) is 14.1. The van der Waals surface area contributed by atoms with Crippen LogP contribution in [0.2, 0.25) is 0 Å². The third-order valence-corrected chi connectivity index (χ3v) is 9.40. The van der Waals surface area contributed by atoms with Crippen molar-refractivity contribution in [1.82, 2.24) is 9.80 Å². The first-order valence-corrected chi connectivity index (χ1v) is 18.7. The first kappa shape index (κ1) is 39.6. The molecule has 0 radical (unpaired) electrons. The van der Waals surface area contributed by atoms with Crippen molar-refractivity contribution in [3.63, 3.8) is 0 Å². The Morgan fingerprint density at radius 2 is 0.963 bits per heavy atom. The Hall–Kier alpha value is -5.64. The molecule has 0 spiro atoms. The van der Waals surface area contributed by atoms with Gasteiger partial charge in [0.2, 0.25) is 11.8 Å². The summed E-state index contributed by atoms with van der Waals surface area (Å²) in [7, 11) is 0. The van der Waals surface area contributed by atoms with Crippen molar-refractivity contribution >= 4 is 23.8 Å². The molecule has 1 aliphatic rings. The van der Waals surface area contributed by atoms with E-state index < -0.39 is 47.4 Å². The fourth-order valence-corrected chi connectivity index (χ4v) is 6.82. The molecule has 0 saturated heterocycles. The number of hydrogen-bond acceptors (Lipinski definition) is 7. The van der Waals surface area contributed by atoms with Crippen LogP contribution in [0, 0.1) is 29.6 Å². The van der Waals surface area contributed by atoms with Gasteiger partial charge in [-0.2, -0.15) is 0 Å². The van der Waals surface area contributed by atoms with E-state index in [9.17, 15) is 24.3 Å². The van der Waals surface area contributed by atoms with Gasteiger partial charge < -0.3 is 29.1 Å². The maximum absolute atomic E-state index is 14.6. The Bertz CT molecular complexity index is 1830. The molecule has 0 bridgehead atoms. The third kappa shape index (κ3) is 10.1. The molecule has 4 aromatic carbocycles. The minimum atomic E-state index is -1.41. The Balaban J connectivity index is 1.39. The lowest BCUT2D eigenvalue weighted by Gasteiger charge is -2.49. The number of esters is 1. The molecule has 5 rings (SSSR count). The van der Waals surface area contributed by atoms with Gasteiger partial charge in [-0.05, 0) is 78.4 Å². The van der Waals surface area contributed by atoms with Crippen molar-refractivity contribution in [2.24, 2.45) is 29.6 Å². The van der Waals surface area contributed by atoms with E-state index in [0.29, 0.717) is 48.9 Å². The largest absolute Gasteiger partial charge is 0.481 e. The number of para-hydroxylation sites is 2. The molecule has 1 N–H and O–H groups in total. The zero-order valence-corrected chi connectivity index (χ0v) is 31.4. The van der Waals surface area contributed by atoms with Crippen LogP contribution in [0.4, 0.5) is 0 Å². The molecule has 1 aliphatic carbocycles. The number of nitrogens with zero attached hydrogens (tertiary/aromatic N) is 2. The summed E-state index contributed by atoms with van der Waals surface area (Å²) in [6.45, 7) is 8.78. The summed E-state index contributed by atoms with van der Waals surface area (Å²) >= 11 is 0. The predicted molar refractivity (Wildman–Crippen MR) is 205 cm³/mol. The molecule has 0 aromatic heterocycles. The maximum Gasteiger partial charge on any atom is 0.310 e. The number of hydrogen-bond donors (Lipinski definition) is 1. The molecule has 284 valence electrons. The van der Waals surface area contributed by atoms with E-state index in [4.69, 9.17) is 14.2 Å². The fourth-order valence-electron chi connectivity index (χ4n) is 6.82. The zero-order valence-electron chi connectivity index (χ0n) is 31.4. The number of benzene rings is 4. The molecule has 4 aromatic rings. The van der Waals surface area contributed by atoms with E-state index in [1.807, 2.05) is 137 Å². The fraction of sp³-hybridized carbons (Fsp3) is 0.364. The van der Waals surface area contributed by atoms with E-state index in [1.54, 1.807) is 9.80 Å². The van der Waals surface area contributed by atoms with Gasteiger partial charge in [0.25, 0.3) is 0 Å². The second-order valence-corrected chi connectivity index (χ2v) is 14.1. The number of ether oxygens (including phenoxy) is 3. The van der Waals surface area contributed by atoms with Crippen molar-refractivity contribution < 1.29 is 38.5 Å². The van der Waals surface area contributed by atoms with Gasteiger partial charge in [-0.15, -0.1) is 0 Å². The summed E-state index contributed by atoms with van der Waals surface area (Å²) in [5, 5.41) is 10.5. The average Bonchev–Trinajstić information content (AvgIpc) is 3.15. The lowest BCUT2D eigenvalue weighted by Crippen LogP contribution is -2.64. The highest BCUT2D eigenvalue weighted by molar-refractivity contribution is 6.00. The van der Waals surface area contributed by atoms with Crippen LogP contribution in [0.15, 0.2) is 109 Å². The third-order valence-electron chi connectivity index (χ3n) is 9.40. The number of carboxylic acids is 1. The van der Waals surface area contributed by atoms with Gasteiger partial charge in [0, 0.05) is 26.2 Å².